The predicted molar refractivity (Wildman–Crippen MR) is 54.6 cm³/mol. The van der Waals surface area contributed by atoms with Gasteiger partial charge in [0.05, 0.1) is 0 Å². The first-order valence-corrected chi connectivity index (χ1v) is 6.11. The fraction of sp³-hybridized carbons (Fsp3) is 1.00. The number of nitrogens with one attached hydrogen (secondary N) is 1. The lowest BCUT2D eigenvalue weighted by molar-refractivity contribution is 0.205. The summed E-state index contributed by atoms with van der Waals surface area (Å²) in [6.07, 6.45) is 10.7. The molecule has 0 aromatic rings. The molecule has 1 saturated heterocycles. The lowest BCUT2D eigenvalue weighted by Crippen LogP contribution is -2.25. The van der Waals surface area contributed by atoms with E-state index in [1.807, 2.05) is 0 Å². The van der Waals surface area contributed by atoms with Crippen molar-refractivity contribution in [2.45, 2.75) is 44.9 Å². The van der Waals surface area contributed by atoms with Crippen LogP contribution >= 0.6 is 0 Å². The van der Waals surface area contributed by atoms with E-state index < -0.39 is 0 Å². The molecule has 1 spiro atoms. The van der Waals surface area contributed by atoms with Crippen LogP contribution < -0.4 is 5.32 Å². The second-order valence-electron chi connectivity index (χ2n) is 5.50. The normalized spacial score (nSPS) is 38.3. The molecule has 1 heteroatoms. The molecule has 3 fully saturated rings. The van der Waals surface area contributed by atoms with Gasteiger partial charge in [-0.3, -0.25) is 0 Å². The van der Waals surface area contributed by atoms with Crippen molar-refractivity contribution < 1.29 is 0 Å². The van der Waals surface area contributed by atoms with Crippen LogP contribution in [0, 0.1) is 17.3 Å². The Labute approximate surface area is 81.3 Å². The van der Waals surface area contributed by atoms with Crippen molar-refractivity contribution in [2.75, 3.05) is 13.1 Å². The van der Waals surface area contributed by atoms with Gasteiger partial charge in [-0.2, -0.15) is 0 Å². The van der Waals surface area contributed by atoms with Crippen molar-refractivity contribution in [3.05, 3.63) is 0 Å². The highest BCUT2D eigenvalue weighted by Crippen LogP contribution is 2.57. The Morgan fingerprint density at radius 2 is 1.77 bits per heavy atom. The van der Waals surface area contributed by atoms with Crippen molar-refractivity contribution in [1.82, 2.24) is 5.32 Å². The third-order valence-electron chi connectivity index (χ3n) is 4.74. The van der Waals surface area contributed by atoms with Gasteiger partial charge in [-0.15, -0.1) is 0 Å². The van der Waals surface area contributed by atoms with E-state index >= 15 is 0 Å². The maximum absolute atomic E-state index is 3.62. The van der Waals surface area contributed by atoms with E-state index in [4.69, 9.17) is 0 Å². The van der Waals surface area contributed by atoms with Crippen molar-refractivity contribution in [1.29, 1.82) is 0 Å². The molecule has 13 heavy (non-hydrogen) atoms. The van der Waals surface area contributed by atoms with E-state index in [0.29, 0.717) is 0 Å². The average Bonchev–Trinajstić information content (AvgIpc) is 2.80. The fourth-order valence-corrected chi connectivity index (χ4v) is 3.74. The third kappa shape index (κ3) is 1.32. The summed E-state index contributed by atoms with van der Waals surface area (Å²) >= 11 is 0. The van der Waals surface area contributed by atoms with Crippen molar-refractivity contribution >= 4 is 0 Å². The maximum atomic E-state index is 3.62. The van der Waals surface area contributed by atoms with Gasteiger partial charge in [0.2, 0.25) is 0 Å². The topological polar surface area (TPSA) is 12.0 Å². The quantitative estimate of drug-likeness (QED) is 0.652. The molecule has 1 N–H and O–H groups in total. The first-order valence-electron chi connectivity index (χ1n) is 6.11. The first-order chi connectivity index (χ1) is 6.41. The Kier molecular flexibility index (Phi) is 1.90. The van der Waals surface area contributed by atoms with Crippen molar-refractivity contribution in [3.8, 4) is 0 Å². The van der Waals surface area contributed by atoms with Gasteiger partial charge in [0.15, 0.2) is 0 Å². The van der Waals surface area contributed by atoms with Crippen LogP contribution in [0.15, 0.2) is 0 Å². The summed E-state index contributed by atoms with van der Waals surface area (Å²) < 4.78 is 0. The molecule has 1 unspecified atom stereocenters. The highest BCUT2D eigenvalue weighted by atomic mass is 15.0. The van der Waals surface area contributed by atoms with Gasteiger partial charge in [0.25, 0.3) is 0 Å². The number of hydrogen-bond acceptors (Lipinski definition) is 1. The largest absolute Gasteiger partial charge is 0.316 e. The van der Waals surface area contributed by atoms with Crippen LogP contribution in [0.4, 0.5) is 0 Å². The standard InChI is InChI=1S/C12H21N/c1-2-4-10(5-3-1)11-8-13-9-12(11)6-7-12/h10-11,13H,1-9H2. The predicted octanol–water partition coefficient (Wildman–Crippen LogP) is 2.57. The van der Waals surface area contributed by atoms with Gasteiger partial charge < -0.3 is 5.32 Å². The van der Waals surface area contributed by atoms with E-state index in [9.17, 15) is 0 Å². The molecule has 1 aliphatic heterocycles. The van der Waals surface area contributed by atoms with E-state index in [2.05, 4.69) is 5.32 Å². The van der Waals surface area contributed by atoms with E-state index in [1.165, 1.54) is 58.0 Å². The molecule has 0 aromatic heterocycles. The molecule has 0 amide bonds. The third-order valence-corrected chi connectivity index (χ3v) is 4.74. The van der Waals surface area contributed by atoms with E-state index in [1.54, 1.807) is 0 Å². The molecule has 3 rings (SSSR count). The highest BCUT2D eigenvalue weighted by molar-refractivity contribution is 5.06. The minimum absolute atomic E-state index is 0.808. The van der Waals surface area contributed by atoms with Crippen molar-refractivity contribution in [3.63, 3.8) is 0 Å². The summed E-state index contributed by atoms with van der Waals surface area (Å²) in [4.78, 5) is 0. The number of rotatable bonds is 1. The number of hydrogen-bond donors (Lipinski definition) is 1. The van der Waals surface area contributed by atoms with Crippen LogP contribution in [0.1, 0.15) is 44.9 Å². The van der Waals surface area contributed by atoms with Gasteiger partial charge in [0.1, 0.15) is 0 Å². The van der Waals surface area contributed by atoms with Gasteiger partial charge >= 0.3 is 0 Å². The molecule has 2 aliphatic carbocycles. The molecule has 1 atom stereocenters. The van der Waals surface area contributed by atoms with Crippen molar-refractivity contribution in [2.24, 2.45) is 17.3 Å². The molecule has 1 heterocycles. The zero-order valence-corrected chi connectivity index (χ0v) is 8.52. The second kappa shape index (κ2) is 2.98. The summed E-state index contributed by atoms with van der Waals surface area (Å²) in [6, 6.07) is 0. The van der Waals surface area contributed by atoms with Crippen LogP contribution in [0.25, 0.3) is 0 Å². The second-order valence-corrected chi connectivity index (χ2v) is 5.50. The highest BCUT2D eigenvalue weighted by Gasteiger charge is 2.54. The molecule has 74 valence electrons. The molecular formula is C12H21N. The van der Waals surface area contributed by atoms with Crippen LogP contribution in [-0.2, 0) is 0 Å². The Hall–Kier alpha value is -0.0400. The molecule has 0 radical (unpaired) electrons. The Bertz CT molecular complexity index is 189. The molecule has 0 bridgehead atoms. The van der Waals surface area contributed by atoms with Crippen LogP contribution in [0.5, 0.6) is 0 Å². The lowest BCUT2D eigenvalue weighted by atomic mass is 9.74. The maximum Gasteiger partial charge on any atom is 0.00112 e. The Morgan fingerprint density at radius 3 is 2.46 bits per heavy atom. The summed E-state index contributed by atoms with van der Waals surface area (Å²) in [7, 11) is 0. The summed E-state index contributed by atoms with van der Waals surface area (Å²) in [5.74, 6) is 2.15. The fourth-order valence-electron chi connectivity index (χ4n) is 3.74. The van der Waals surface area contributed by atoms with Gasteiger partial charge in [-0.1, -0.05) is 32.1 Å². The smallest absolute Gasteiger partial charge is 0.00112 e. The van der Waals surface area contributed by atoms with Gasteiger partial charge in [0, 0.05) is 6.54 Å². The first kappa shape index (κ1) is 8.28. The van der Waals surface area contributed by atoms with Crippen LogP contribution in [0.2, 0.25) is 0 Å². The molecular weight excluding hydrogens is 158 g/mol. The molecule has 3 aliphatic rings. The van der Waals surface area contributed by atoms with E-state index in [0.717, 1.165) is 17.3 Å². The van der Waals surface area contributed by atoms with Gasteiger partial charge in [-0.05, 0) is 36.6 Å². The van der Waals surface area contributed by atoms with Crippen LogP contribution in [0.3, 0.4) is 0 Å². The zero-order chi connectivity index (χ0) is 8.73. The van der Waals surface area contributed by atoms with Crippen LogP contribution in [-0.4, -0.2) is 13.1 Å². The Balaban J connectivity index is 1.69. The minimum Gasteiger partial charge on any atom is -0.316 e. The summed E-state index contributed by atoms with van der Waals surface area (Å²) in [5.41, 5.74) is 0.808. The lowest BCUT2D eigenvalue weighted by Gasteiger charge is -2.31. The molecule has 1 nitrogen and oxygen atoms in total. The van der Waals surface area contributed by atoms with Gasteiger partial charge in [-0.25, -0.2) is 0 Å². The summed E-state index contributed by atoms with van der Waals surface area (Å²) in [6.45, 7) is 2.68. The molecule has 2 saturated carbocycles. The Morgan fingerprint density at radius 1 is 1.00 bits per heavy atom. The SMILES string of the molecule is C1CCC(C2CNCC23CC3)CC1. The average molecular weight is 179 g/mol. The molecule has 0 aromatic carbocycles. The summed E-state index contributed by atoms with van der Waals surface area (Å²) in [5, 5.41) is 3.62. The monoisotopic (exact) mass is 179 g/mol. The minimum atomic E-state index is 0.808. The zero-order valence-electron chi connectivity index (χ0n) is 8.52. The van der Waals surface area contributed by atoms with E-state index in [-0.39, 0.29) is 0 Å².